The Labute approximate surface area is 70.9 Å². The Hall–Kier alpha value is -0.320. The normalized spacial score (nSPS) is 6.60. The number of carbonyl (C=O) groups excluding carboxylic acids is 2. The van der Waals surface area contributed by atoms with E-state index in [9.17, 15) is 9.59 Å². The fourth-order valence-electron chi connectivity index (χ4n) is 0.245. The maximum absolute atomic E-state index is 10.1. The second-order valence-electron chi connectivity index (χ2n) is 1.37. The van der Waals surface area contributed by atoms with Gasteiger partial charge in [0.1, 0.15) is 12.2 Å². The zero-order valence-corrected chi connectivity index (χ0v) is 6.96. The Bertz CT molecular complexity index is 117. The Morgan fingerprint density at radius 2 is 1.80 bits per heavy atom. The average Bonchev–Trinajstić information content (AvgIpc) is 1.65. The van der Waals surface area contributed by atoms with Gasteiger partial charge in [-0.15, -0.1) is 24.8 Å². The van der Waals surface area contributed by atoms with Crippen molar-refractivity contribution in [2.75, 3.05) is 0 Å². The molecule has 0 bridgehead atoms. The molecule has 0 saturated heterocycles. The SMILES string of the molecule is CC(=O)CC(=O)ON.Cl.Cl. The summed E-state index contributed by atoms with van der Waals surface area (Å²) in [5, 5.41) is 0. The molecular weight excluding hydrogens is 181 g/mol. The molecule has 62 valence electrons. The van der Waals surface area contributed by atoms with E-state index in [1.165, 1.54) is 6.92 Å². The Morgan fingerprint density at radius 1 is 1.40 bits per heavy atom. The van der Waals surface area contributed by atoms with Gasteiger partial charge in [-0.2, -0.15) is 5.90 Å². The second-order valence-corrected chi connectivity index (χ2v) is 1.37. The van der Waals surface area contributed by atoms with Crippen molar-refractivity contribution in [3.8, 4) is 0 Å². The van der Waals surface area contributed by atoms with Crippen LogP contribution in [0.25, 0.3) is 0 Å². The molecule has 0 radical (unpaired) electrons. The molecule has 0 aromatic heterocycles. The molecule has 0 aliphatic carbocycles. The van der Waals surface area contributed by atoms with E-state index in [2.05, 4.69) is 10.7 Å². The topological polar surface area (TPSA) is 69.4 Å². The van der Waals surface area contributed by atoms with E-state index in [1.807, 2.05) is 0 Å². The van der Waals surface area contributed by atoms with Crippen molar-refractivity contribution in [1.82, 2.24) is 0 Å². The molecule has 0 saturated carbocycles. The van der Waals surface area contributed by atoms with E-state index in [0.717, 1.165) is 0 Å². The van der Waals surface area contributed by atoms with Crippen LogP contribution in [-0.4, -0.2) is 11.8 Å². The summed E-state index contributed by atoms with van der Waals surface area (Å²) in [6.45, 7) is 1.29. The van der Waals surface area contributed by atoms with Gasteiger partial charge in [-0.05, 0) is 6.92 Å². The van der Waals surface area contributed by atoms with Crippen molar-refractivity contribution in [2.24, 2.45) is 5.90 Å². The van der Waals surface area contributed by atoms with Gasteiger partial charge in [0, 0.05) is 0 Å². The van der Waals surface area contributed by atoms with Gasteiger partial charge in [0.15, 0.2) is 0 Å². The van der Waals surface area contributed by atoms with Crippen LogP contribution in [0.5, 0.6) is 0 Å². The van der Waals surface area contributed by atoms with Gasteiger partial charge in [-0.1, -0.05) is 0 Å². The molecule has 6 heteroatoms. The number of carbonyl (C=O) groups is 2. The highest BCUT2D eigenvalue weighted by atomic mass is 35.5. The lowest BCUT2D eigenvalue weighted by molar-refractivity contribution is -0.146. The van der Waals surface area contributed by atoms with E-state index in [1.54, 1.807) is 0 Å². The number of rotatable bonds is 2. The molecule has 2 N–H and O–H groups in total. The molecule has 0 aliphatic heterocycles. The fourth-order valence-corrected chi connectivity index (χ4v) is 0.245. The van der Waals surface area contributed by atoms with Crippen molar-refractivity contribution in [2.45, 2.75) is 13.3 Å². The van der Waals surface area contributed by atoms with Gasteiger partial charge in [0.25, 0.3) is 0 Å². The molecule has 0 spiro atoms. The summed E-state index contributed by atoms with van der Waals surface area (Å²) in [6.07, 6.45) is -0.240. The zero-order chi connectivity index (χ0) is 6.57. The lowest BCUT2D eigenvalue weighted by atomic mass is 10.3. The van der Waals surface area contributed by atoms with Crippen molar-refractivity contribution >= 4 is 36.6 Å². The monoisotopic (exact) mass is 189 g/mol. The first kappa shape index (κ1) is 16.3. The maximum Gasteiger partial charge on any atom is 0.331 e. The number of hydrogen-bond donors (Lipinski definition) is 1. The minimum Gasteiger partial charge on any atom is -0.373 e. The van der Waals surface area contributed by atoms with Crippen molar-refractivity contribution in [3.05, 3.63) is 0 Å². The average molecular weight is 190 g/mol. The molecule has 0 unspecified atom stereocenters. The first-order valence-corrected chi connectivity index (χ1v) is 2.06. The molecular formula is C4H9Cl2NO3. The zero-order valence-electron chi connectivity index (χ0n) is 5.33. The van der Waals surface area contributed by atoms with Crippen molar-refractivity contribution < 1.29 is 14.4 Å². The van der Waals surface area contributed by atoms with Crippen molar-refractivity contribution in [1.29, 1.82) is 0 Å². The Kier molecular flexibility index (Phi) is 14.2. The quantitative estimate of drug-likeness (QED) is 0.499. The maximum atomic E-state index is 10.1. The van der Waals surface area contributed by atoms with Gasteiger partial charge < -0.3 is 4.84 Å². The molecule has 4 nitrogen and oxygen atoms in total. The van der Waals surface area contributed by atoms with Crippen LogP contribution in [-0.2, 0) is 14.4 Å². The van der Waals surface area contributed by atoms with E-state index >= 15 is 0 Å². The van der Waals surface area contributed by atoms with Crippen LogP contribution in [0.3, 0.4) is 0 Å². The van der Waals surface area contributed by atoms with Crippen molar-refractivity contribution in [3.63, 3.8) is 0 Å². The van der Waals surface area contributed by atoms with Crippen LogP contribution in [0, 0.1) is 0 Å². The number of ketones is 1. The molecule has 10 heavy (non-hydrogen) atoms. The predicted molar refractivity (Wildman–Crippen MR) is 40.1 cm³/mol. The highest BCUT2D eigenvalue weighted by Crippen LogP contribution is 1.81. The highest BCUT2D eigenvalue weighted by molar-refractivity contribution is 5.93. The summed E-state index contributed by atoms with van der Waals surface area (Å²) in [5.74, 6) is 3.47. The second kappa shape index (κ2) is 8.68. The summed E-state index contributed by atoms with van der Waals surface area (Å²) in [5.41, 5.74) is 0. The van der Waals surface area contributed by atoms with Crippen LogP contribution >= 0.6 is 24.8 Å². The molecule has 0 aromatic carbocycles. The number of nitrogens with two attached hydrogens (primary N) is 1. The van der Waals surface area contributed by atoms with Crippen LogP contribution in [0.15, 0.2) is 0 Å². The largest absolute Gasteiger partial charge is 0.373 e. The smallest absolute Gasteiger partial charge is 0.331 e. The van der Waals surface area contributed by atoms with E-state index in [4.69, 9.17) is 0 Å². The first-order valence-electron chi connectivity index (χ1n) is 2.06. The minimum absolute atomic E-state index is 0. The third kappa shape index (κ3) is 10.6. The Balaban J connectivity index is -0.000000245. The van der Waals surface area contributed by atoms with Crippen LogP contribution in [0.1, 0.15) is 13.3 Å². The third-order valence-electron chi connectivity index (χ3n) is 0.525. The number of Topliss-reactive ketones (excluding diaryl/α,β-unsaturated/α-hetero) is 1. The van der Waals surface area contributed by atoms with Crippen LogP contribution < -0.4 is 5.90 Å². The molecule has 0 heterocycles. The molecule has 0 fully saturated rings. The summed E-state index contributed by atoms with van der Waals surface area (Å²) >= 11 is 0. The lowest BCUT2D eigenvalue weighted by Gasteiger charge is -1.89. The van der Waals surface area contributed by atoms with Gasteiger partial charge in [0.05, 0.1) is 0 Å². The first-order chi connectivity index (χ1) is 3.66. The summed E-state index contributed by atoms with van der Waals surface area (Å²) in [7, 11) is 0. The van der Waals surface area contributed by atoms with Gasteiger partial charge in [-0.3, -0.25) is 4.79 Å². The summed E-state index contributed by atoms with van der Waals surface area (Å²) < 4.78 is 0. The molecule has 0 atom stereocenters. The number of hydrogen-bond acceptors (Lipinski definition) is 4. The minimum atomic E-state index is -0.697. The van der Waals surface area contributed by atoms with E-state index in [-0.39, 0.29) is 37.0 Å². The summed E-state index contributed by atoms with van der Waals surface area (Å²) in [4.78, 5) is 23.8. The molecule has 0 amide bonds. The molecule has 0 aromatic rings. The lowest BCUT2D eigenvalue weighted by Crippen LogP contribution is -2.12. The third-order valence-corrected chi connectivity index (χ3v) is 0.525. The van der Waals surface area contributed by atoms with E-state index in [0.29, 0.717) is 0 Å². The number of halogens is 2. The van der Waals surface area contributed by atoms with Gasteiger partial charge in [-0.25, -0.2) is 4.79 Å². The van der Waals surface area contributed by atoms with Gasteiger partial charge >= 0.3 is 5.97 Å². The van der Waals surface area contributed by atoms with E-state index < -0.39 is 5.97 Å². The standard InChI is InChI=1S/C4H7NO3.2ClH/c1-3(6)2-4(7)8-5;;/h2,5H2,1H3;2*1H. The fraction of sp³-hybridized carbons (Fsp3) is 0.500. The van der Waals surface area contributed by atoms with Crippen LogP contribution in [0.4, 0.5) is 0 Å². The van der Waals surface area contributed by atoms with Crippen LogP contribution in [0.2, 0.25) is 0 Å². The Morgan fingerprint density at radius 3 is 1.90 bits per heavy atom. The van der Waals surface area contributed by atoms with Gasteiger partial charge in [0.2, 0.25) is 0 Å². The predicted octanol–water partition coefficient (Wildman–Crippen LogP) is 0.226. The molecule has 0 rings (SSSR count). The summed E-state index contributed by atoms with van der Waals surface area (Å²) in [6, 6.07) is 0. The molecule has 0 aliphatic rings. The highest BCUT2D eigenvalue weighted by Gasteiger charge is 2.02.